The molecule has 1 aliphatic heterocycles. The van der Waals surface area contributed by atoms with Crippen LogP contribution in [0.25, 0.3) is 0 Å². The Morgan fingerprint density at radius 3 is 2.58 bits per heavy atom. The third kappa shape index (κ3) is 5.45. The summed E-state index contributed by atoms with van der Waals surface area (Å²) in [5, 5.41) is 0.682. The average Bonchev–Trinajstić information content (AvgIpc) is 2.64. The molecule has 1 aliphatic rings. The SMILES string of the molecule is O=S(=O)(NC1CCCN(CCOc2ccc(Cl)cc2)C1)c1ccccc1. The standard InChI is InChI=1S/C19H23ClN2O3S/c20-16-8-10-18(11-9-16)25-14-13-22-12-4-5-17(15-22)21-26(23,24)19-6-2-1-3-7-19/h1-3,6-11,17,21H,4-5,12-15H2. The van der Waals surface area contributed by atoms with E-state index < -0.39 is 10.0 Å². The van der Waals surface area contributed by atoms with Crippen LogP contribution in [0.15, 0.2) is 59.5 Å². The molecule has 0 spiro atoms. The van der Waals surface area contributed by atoms with Gasteiger partial charge in [0.15, 0.2) is 0 Å². The zero-order chi connectivity index (χ0) is 18.4. The molecule has 0 bridgehead atoms. The number of hydrogen-bond donors (Lipinski definition) is 1. The van der Waals surface area contributed by atoms with E-state index in [2.05, 4.69) is 9.62 Å². The van der Waals surface area contributed by atoms with Crippen molar-refractivity contribution < 1.29 is 13.2 Å². The molecular formula is C19H23ClN2O3S. The van der Waals surface area contributed by atoms with E-state index in [0.717, 1.165) is 31.7 Å². The van der Waals surface area contributed by atoms with Gasteiger partial charge in [0.2, 0.25) is 10.0 Å². The predicted molar refractivity (Wildman–Crippen MR) is 103 cm³/mol. The van der Waals surface area contributed by atoms with Crippen molar-refractivity contribution in [3.05, 3.63) is 59.6 Å². The van der Waals surface area contributed by atoms with Crippen molar-refractivity contribution >= 4 is 21.6 Å². The van der Waals surface area contributed by atoms with Crippen LogP contribution in [0, 0.1) is 0 Å². The molecule has 3 rings (SSSR count). The third-order valence-corrected chi connectivity index (χ3v) is 6.16. The predicted octanol–water partition coefficient (Wildman–Crippen LogP) is 3.16. The van der Waals surface area contributed by atoms with E-state index in [9.17, 15) is 8.42 Å². The average molecular weight is 395 g/mol. The Bertz CT molecular complexity index is 797. The summed E-state index contributed by atoms with van der Waals surface area (Å²) in [6.07, 6.45) is 1.81. The molecule has 0 amide bonds. The van der Waals surface area contributed by atoms with E-state index in [1.807, 2.05) is 18.2 Å². The Labute approximate surface area is 160 Å². The molecule has 1 atom stereocenters. The molecule has 1 saturated heterocycles. The van der Waals surface area contributed by atoms with Crippen LogP contribution in [-0.4, -0.2) is 45.6 Å². The second-order valence-corrected chi connectivity index (χ2v) is 8.53. The maximum absolute atomic E-state index is 12.5. The maximum atomic E-state index is 12.5. The number of hydrogen-bond acceptors (Lipinski definition) is 4. The van der Waals surface area contributed by atoms with Gasteiger partial charge < -0.3 is 4.74 Å². The van der Waals surface area contributed by atoms with Crippen molar-refractivity contribution in [3.63, 3.8) is 0 Å². The Kier molecular flexibility index (Phi) is 6.53. The van der Waals surface area contributed by atoms with Crippen LogP contribution in [-0.2, 0) is 10.0 Å². The number of halogens is 1. The number of piperidine rings is 1. The summed E-state index contributed by atoms with van der Waals surface area (Å²) in [4.78, 5) is 2.54. The van der Waals surface area contributed by atoms with E-state index in [1.165, 1.54) is 0 Å². The minimum absolute atomic E-state index is 0.0792. The molecule has 0 radical (unpaired) electrons. The molecule has 26 heavy (non-hydrogen) atoms. The van der Waals surface area contributed by atoms with E-state index >= 15 is 0 Å². The molecule has 1 heterocycles. The Hall–Kier alpha value is -1.60. The summed E-state index contributed by atoms with van der Waals surface area (Å²) in [5.41, 5.74) is 0. The van der Waals surface area contributed by atoms with Gasteiger partial charge in [-0.05, 0) is 55.8 Å². The minimum Gasteiger partial charge on any atom is -0.492 e. The van der Waals surface area contributed by atoms with Crippen LogP contribution in [0.3, 0.4) is 0 Å². The lowest BCUT2D eigenvalue weighted by Crippen LogP contribution is -2.48. The fourth-order valence-electron chi connectivity index (χ4n) is 3.07. The first kappa shape index (κ1) is 19.2. The first-order chi connectivity index (χ1) is 12.5. The van der Waals surface area contributed by atoms with Crippen LogP contribution in [0.5, 0.6) is 5.75 Å². The molecule has 1 unspecified atom stereocenters. The quantitative estimate of drug-likeness (QED) is 0.783. The van der Waals surface area contributed by atoms with Crippen LogP contribution in [0.1, 0.15) is 12.8 Å². The van der Waals surface area contributed by atoms with Crippen molar-refractivity contribution in [1.82, 2.24) is 9.62 Å². The van der Waals surface area contributed by atoms with Crippen LogP contribution in [0.4, 0.5) is 0 Å². The molecule has 0 aliphatic carbocycles. The van der Waals surface area contributed by atoms with Gasteiger partial charge in [-0.3, -0.25) is 4.90 Å². The van der Waals surface area contributed by atoms with Crippen LogP contribution >= 0.6 is 11.6 Å². The summed E-state index contributed by atoms with van der Waals surface area (Å²) in [7, 11) is -3.47. The molecule has 2 aromatic carbocycles. The van der Waals surface area contributed by atoms with Gasteiger partial charge >= 0.3 is 0 Å². The van der Waals surface area contributed by atoms with Crippen molar-refractivity contribution in [2.75, 3.05) is 26.2 Å². The summed E-state index contributed by atoms with van der Waals surface area (Å²) in [5.74, 6) is 0.785. The van der Waals surface area contributed by atoms with Gasteiger partial charge in [0.25, 0.3) is 0 Å². The summed E-state index contributed by atoms with van der Waals surface area (Å²) in [6, 6.07) is 15.7. The smallest absolute Gasteiger partial charge is 0.240 e. The molecule has 140 valence electrons. The summed E-state index contributed by atoms with van der Waals surface area (Å²) >= 11 is 5.86. The topological polar surface area (TPSA) is 58.6 Å². The highest BCUT2D eigenvalue weighted by Crippen LogP contribution is 2.17. The molecule has 0 aromatic heterocycles. The number of sulfonamides is 1. The monoisotopic (exact) mass is 394 g/mol. The fourth-order valence-corrected chi connectivity index (χ4v) is 4.47. The number of rotatable bonds is 7. The lowest BCUT2D eigenvalue weighted by atomic mass is 10.1. The zero-order valence-corrected chi connectivity index (χ0v) is 16.0. The minimum atomic E-state index is -3.47. The number of ether oxygens (including phenoxy) is 1. The fraction of sp³-hybridized carbons (Fsp3) is 0.368. The van der Waals surface area contributed by atoms with Gasteiger partial charge in [0, 0.05) is 24.2 Å². The van der Waals surface area contributed by atoms with E-state index in [1.54, 1.807) is 36.4 Å². The van der Waals surface area contributed by atoms with Crippen LogP contribution in [0.2, 0.25) is 5.02 Å². The van der Waals surface area contributed by atoms with E-state index in [0.29, 0.717) is 23.1 Å². The molecule has 7 heteroatoms. The lowest BCUT2D eigenvalue weighted by Gasteiger charge is -2.32. The Balaban J connectivity index is 1.49. The highest BCUT2D eigenvalue weighted by atomic mass is 35.5. The van der Waals surface area contributed by atoms with Gasteiger partial charge in [-0.1, -0.05) is 29.8 Å². The van der Waals surface area contributed by atoms with Gasteiger partial charge in [0.1, 0.15) is 12.4 Å². The first-order valence-electron chi connectivity index (χ1n) is 8.71. The second kappa shape index (κ2) is 8.86. The highest BCUT2D eigenvalue weighted by molar-refractivity contribution is 7.89. The van der Waals surface area contributed by atoms with Crippen molar-refractivity contribution in [2.24, 2.45) is 0 Å². The van der Waals surface area contributed by atoms with Gasteiger partial charge in [-0.2, -0.15) is 0 Å². The van der Waals surface area contributed by atoms with Crippen molar-refractivity contribution in [3.8, 4) is 5.75 Å². The lowest BCUT2D eigenvalue weighted by molar-refractivity contribution is 0.166. The summed E-state index contributed by atoms with van der Waals surface area (Å²) < 4.78 is 33.5. The molecule has 0 saturated carbocycles. The molecule has 5 nitrogen and oxygen atoms in total. The number of benzene rings is 2. The third-order valence-electron chi connectivity index (χ3n) is 4.37. The highest BCUT2D eigenvalue weighted by Gasteiger charge is 2.25. The van der Waals surface area contributed by atoms with Gasteiger partial charge in [0.05, 0.1) is 4.90 Å². The number of likely N-dealkylation sites (tertiary alicyclic amines) is 1. The number of nitrogens with one attached hydrogen (secondary N) is 1. The first-order valence-corrected chi connectivity index (χ1v) is 10.6. The van der Waals surface area contributed by atoms with Gasteiger partial charge in [-0.25, -0.2) is 13.1 Å². The van der Waals surface area contributed by atoms with Crippen molar-refractivity contribution in [1.29, 1.82) is 0 Å². The van der Waals surface area contributed by atoms with Crippen LogP contribution < -0.4 is 9.46 Å². The largest absolute Gasteiger partial charge is 0.492 e. The van der Waals surface area contributed by atoms with E-state index in [4.69, 9.17) is 16.3 Å². The molecule has 1 N–H and O–H groups in total. The number of nitrogens with zero attached hydrogens (tertiary/aromatic N) is 1. The summed E-state index contributed by atoms with van der Waals surface area (Å²) in [6.45, 7) is 2.95. The molecular weight excluding hydrogens is 372 g/mol. The normalized spacial score (nSPS) is 18.6. The van der Waals surface area contributed by atoms with Crippen molar-refractivity contribution in [2.45, 2.75) is 23.8 Å². The maximum Gasteiger partial charge on any atom is 0.240 e. The molecule has 1 fully saturated rings. The molecule has 2 aromatic rings. The second-order valence-electron chi connectivity index (χ2n) is 6.38. The van der Waals surface area contributed by atoms with Gasteiger partial charge in [-0.15, -0.1) is 0 Å². The Morgan fingerprint density at radius 2 is 1.85 bits per heavy atom. The van der Waals surface area contributed by atoms with E-state index in [-0.39, 0.29) is 6.04 Å². The zero-order valence-electron chi connectivity index (χ0n) is 14.5. The Morgan fingerprint density at radius 1 is 1.12 bits per heavy atom.